The molecule has 32 heavy (non-hydrogen) atoms. The van der Waals surface area contributed by atoms with E-state index in [9.17, 15) is 14.0 Å². The lowest BCUT2D eigenvalue weighted by molar-refractivity contribution is 0.0507. The zero-order chi connectivity index (χ0) is 23.5. The SMILES string of the molecule is C[C@H]1CCC(CNC(=O)OC(C)(C)C)C[C@@H]1n1cc(C(N)=O)c(Nc2ccc(F)cc2)n1. The lowest BCUT2D eigenvalue weighted by Gasteiger charge is -2.34. The van der Waals surface area contributed by atoms with Gasteiger partial charge < -0.3 is 21.1 Å². The monoisotopic (exact) mass is 445 g/mol. The van der Waals surface area contributed by atoms with Gasteiger partial charge in [-0.1, -0.05) is 6.92 Å². The second-order valence-electron chi connectivity index (χ2n) is 9.47. The topological polar surface area (TPSA) is 111 Å². The van der Waals surface area contributed by atoms with E-state index in [0.29, 0.717) is 24.0 Å². The third-order valence-corrected chi connectivity index (χ3v) is 5.64. The molecule has 4 N–H and O–H groups in total. The molecule has 2 aromatic rings. The number of nitrogens with one attached hydrogen (secondary N) is 2. The van der Waals surface area contributed by atoms with Crippen molar-refractivity contribution in [3.63, 3.8) is 0 Å². The van der Waals surface area contributed by atoms with Crippen molar-refractivity contribution < 1.29 is 18.7 Å². The van der Waals surface area contributed by atoms with Crippen LogP contribution in [0.25, 0.3) is 0 Å². The van der Waals surface area contributed by atoms with Gasteiger partial charge in [-0.15, -0.1) is 0 Å². The summed E-state index contributed by atoms with van der Waals surface area (Å²) in [6.07, 6.45) is 4.00. The average molecular weight is 446 g/mol. The van der Waals surface area contributed by atoms with Crippen molar-refractivity contribution in [3.8, 4) is 0 Å². The molecule has 1 aliphatic carbocycles. The molecule has 3 rings (SSSR count). The molecular weight excluding hydrogens is 413 g/mol. The van der Waals surface area contributed by atoms with Crippen LogP contribution in [0.15, 0.2) is 30.5 Å². The molecule has 0 bridgehead atoms. The van der Waals surface area contributed by atoms with Gasteiger partial charge in [-0.25, -0.2) is 9.18 Å². The van der Waals surface area contributed by atoms with Crippen LogP contribution < -0.4 is 16.4 Å². The lowest BCUT2D eigenvalue weighted by Crippen LogP contribution is -2.37. The van der Waals surface area contributed by atoms with Crippen molar-refractivity contribution >= 4 is 23.5 Å². The molecule has 1 aromatic carbocycles. The minimum Gasteiger partial charge on any atom is -0.444 e. The first kappa shape index (κ1) is 23.6. The minimum atomic E-state index is -0.590. The number of carbonyl (C=O) groups is 2. The number of halogens is 1. The average Bonchev–Trinajstić information content (AvgIpc) is 3.11. The van der Waals surface area contributed by atoms with E-state index in [1.165, 1.54) is 12.1 Å². The molecule has 2 amide bonds. The highest BCUT2D eigenvalue weighted by molar-refractivity contribution is 5.98. The molecule has 1 saturated carbocycles. The standard InChI is InChI=1S/C23H32FN5O3/c1-14-5-6-15(12-26-22(31)32-23(2,3)4)11-19(14)29-13-18(20(25)30)21(28-29)27-17-9-7-16(24)8-10-17/h7-10,13-15,19H,5-6,11-12H2,1-4H3,(H2,25,30)(H,26,31)(H,27,28)/t14-,15?,19-/m0/s1. The highest BCUT2D eigenvalue weighted by atomic mass is 19.1. The van der Waals surface area contributed by atoms with Crippen molar-refractivity contribution in [2.45, 2.75) is 58.6 Å². The van der Waals surface area contributed by atoms with E-state index < -0.39 is 17.6 Å². The van der Waals surface area contributed by atoms with Crippen LogP contribution in [0.4, 0.5) is 20.7 Å². The van der Waals surface area contributed by atoms with Crippen LogP contribution >= 0.6 is 0 Å². The Morgan fingerprint density at radius 3 is 2.56 bits per heavy atom. The number of carbonyl (C=O) groups excluding carboxylic acids is 2. The molecule has 0 saturated heterocycles. The summed E-state index contributed by atoms with van der Waals surface area (Å²) in [5, 5.41) is 10.5. The summed E-state index contributed by atoms with van der Waals surface area (Å²) in [5.74, 6) is 0.00146. The normalized spacial score (nSPS) is 21.1. The van der Waals surface area contributed by atoms with Gasteiger partial charge in [0.05, 0.1) is 6.04 Å². The van der Waals surface area contributed by atoms with E-state index in [-0.39, 0.29) is 23.3 Å². The summed E-state index contributed by atoms with van der Waals surface area (Å²) < 4.78 is 20.3. The number of ether oxygens (including phenoxy) is 1. The van der Waals surface area contributed by atoms with Gasteiger partial charge in [-0.05, 0) is 76.1 Å². The van der Waals surface area contributed by atoms with E-state index in [1.807, 2.05) is 20.8 Å². The first-order valence-corrected chi connectivity index (χ1v) is 10.9. The van der Waals surface area contributed by atoms with E-state index in [4.69, 9.17) is 10.5 Å². The molecule has 0 aliphatic heterocycles. The number of rotatable bonds is 6. The predicted octanol–water partition coefficient (Wildman–Crippen LogP) is 4.37. The van der Waals surface area contributed by atoms with Crippen LogP contribution in [0, 0.1) is 17.7 Å². The van der Waals surface area contributed by atoms with Gasteiger partial charge in [-0.3, -0.25) is 9.48 Å². The molecule has 3 atom stereocenters. The highest BCUT2D eigenvalue weighted by Crippen LogP contribution is 2.37. The third-order valence-electron chi connectivity index (χ3n) is 5.64. The van der Waals surface area contributed by atoms with Gasteiger partial charge >= 0.3 is 6.09 Å². The van der Waals surface area contributed by atoms with Crippen LogP contribution in [0.2, 0.25) is 0 Å². The fourth-order valence-corrected chi connectivity index (χ4v) is 3.98. The molecule has 0 spiro atoms. The fourth-order valence-electron chi connectivity index (χ4n) is 3.98. The van der Waals surface area contributed by atoms with Gasteiger partial charge in [0.15, 0.2) is 5.82 Å². The number of hydrogen-bond donors (Lipinski definition) is 3. The quantitative estimate of drug-likeness (QED) is 0.611. The molecule has 0 radical (unpaired) electrons. The summed E-state index contributed by atoms with van der Waals surface area (Å²) in [5.41, 5.74) is 5.92. The number of hydrogen-bond acceptors (Lipinski definition) is 5. The van der Waals surface area contributed by atoms with E-state index >= 15 is 0 Å². The molecule has 1 aliphatic rings. The smallest absolute Gasteiger partial charge is 0.407 e. The first-order valence-electron chi connectivity index (χ1n) is 10.9. The molecule has 8 nitrogen and oxygen atoms in total. The molecule has 1 heterocycles. The van der Waals surface area contributed by atoms with Gasteiger partial charge in [0.1, 0.15) is 17.0 Å². The van der Waals surface area contributed by atoms with Gasteiger partial charge in [-0.2, -0.15) is 5.10 Å². The Balaban J connectivity index is 1.71. The van der Waals surface area contributed by atoms with Crippen molar-refractivity contribution in [2.75, 3.05) is 11.9 Å². The summed E-state index contributed by atoms with van der Waals surface area (Å²) in [7, 11) is 0. The summed E-state index contributed by atoms with van der Waals surface area (Å²) >= 11 is 0. The fraction of sp³-hybridized carbons (Fsp3) is 0.522. The Labute approximate surface area is 187 Å². The van der Waals surface area contributed by atoms with Gasteiger partial charge in [0.2, 0.25) is 0 Å². The minimum absolute atomic E-state index is 0.0519. The van der Waals surface area contributed by atoms with Crippen LogP contribution in [-0.4, -0.2) is 33.9 Å². The Kier molecular flexibility index (Phi) is 7.06. The number of amides is 2. The van der Waals surface area contributed by atoms with E-state index in [2.05, 4.69) is 22.7 Å². The predicted molar refractivity (Wildman–Crippen MR) is 120 cm³/mol. The van der Waals surface area contributed by atoms with Crippen LogP contribution in [0.1, 0.15) is 63.4 Å². The second-order valence-corrected chi connectivity index (χ2v) is 9.47. The maximum absolute atomic E-state index is 13.2. The summed E-state index contributed by atoms with van der Waals surface area (Å²) in [6, 6.07) is 5.85. The lowest BCUT2D eigenvalue weighted by atomic mass is 9.79. The zero-order valence-electron chi connectivity index (χ0n) is 19.0. The van der Waals surface area contributed by atoms with Crippen LogP contribution in [-0.2, 0) is 4.74 Å². The van der Waals surface area contributed by atoms with Crippen molar-refractivity contribution in [1.29, 1.82) is 0 Å². The third kappa shape index (κ3) is 6.21. The zero-order valence-corrected chi connectivity index (χ0v) is 19.0. The summed E-state index contributed by atoms with van der Waals surface area (Å²) in [4.78, 5) is 24.0. The molecule has 1 unspecified atom stereocenters. The van der Waals surface area contributed by atoms with Crippen molar-refractivity contribution in [1.82, 2.24) is 15.1 Å². The number of alkyl carbamates (subject to hydrolysis) is 1. The van der Waals surface area contributed by atoms with Crippen molar-refractivity contribution in [3.05, 3.63) is 41.8 Å². The maximum atomic E-state index is 13.2. The number of aromatic nitrogens is 2. The van der Waals surface area contributed by atoms with Gasteiger partial charge in [0.25, 0.3) is 5.91 Å². The van der Waals surface area contributed by atoms with E-state index in [0.717, 1.165) is 19.3 Å². The number of anilines is 2. The molecule has 174 valence electrons. The molecule has 9 heteroatoms. The molecular formula is C23H32FN5O3. The number of primary amides is 1. The Hall–Kier alpha value is -3.10. The Bertz CT molecular complexity index is 952. The Morgan fingerprint density at radius 2 is 1.94 bits per heavy atom. The molecule has 1 fully saturated rings. The number of nitrogens with two attached hydrogens (primary N) is 1. The maximum Gasteiger partial charge on any atom is 0.407 e. The number of benzene rings is 1. The Morgan fingerprint density at radius 1 is 1.25 bits per heavy atom. The van der Waals surface area contributed by atoms with Crippen LogP contribution in [0.5, 0.6) is 0 Å². The second kappa shape index (κ2) is 9.58. The highest BCUT2D eigenvalue weighted by Gasteiger charge is 2.31. The van der Waals surface area contributed by atoms with E-state index in [1.54, 1.807) is 23.0 Å². The molecule has 1 aromatic heterocycles. The summed E-state index contributed by atoms with van der Waals surface area (Å²) in [6.45, 7) is 8.16. The van der Waals surface area contributed by atoms with Gasteiger partial charge in [0, 0.05) is 18.4 Å². The first-order chi connectivity index (χ1) is 15.0. The number of nitrogens with zero attached hydrogens (tertiary/aromatic N) is 2. The largest absolute Gasteiger partial charge is 0.444 e. The van der Waals surface area contributed by atoms with Crippen molar-refractivity contribution in [2.24, 2.45) is 17.6 Å². The van der Waals surface area contributed by atoms with Crippen LogP contribution in [0.3, 0.4) is 0 Å².